The molecule has 6 nitrogen and oxygen atoms in total. The van der Waals surface area contributed by atoms with E-state index in [0.717, 1.165) is 48.7 Å². The number of nitrogens with zero attached hydrogens (tertiary/aromatic N) is 3. The summed E-state index contributed by atoms with van der Waals surface area (Å²) in [6, 6.07) is 8.14. The van der Waals surface area contributed by atoms with Crippen molar-refractivity contribution in [3.8, 4) is 0 Å². The van der Waals surface area contributed by atoms with Crippen LogP contribution in [0.2, 0.25) is 0 Å². The number of aliphatic imine (C=N–C) groups is 1. The predicted octanol–water partition coefficient (Wildman–Crippen LogP) is 2.54. The maximum atomic E-state index is 4.61. The smallest absolute Gasteiger partial charge is 0.190 e. The molecule has 1 aromatic heterocycles. The van der Waals surface area contributed by atoms with Gasteiger partial charge in [-0.2, -0.15) is 0 Å². The summed E-state index contributed by atoms with van der Waals surface area (Å²) in [4.78, 5) is 14.9. The minimum Gasteiger partial charge on any atom is -0.356 e. The van der Waals surface area contributed by atoms with Crippen LogP contribution >= 0.6 is 0 Å². The van der Waals surface area contributed by atoms with Crippen molar-refractivity contribution < 1.29 is 0 Å². The molecule has 0 bridgehead atoms. The lowest BCUT2D eigenvalue weighted by molar-refractivity contribution is 0.282. The highest BCUT2D eigenvalue weighted by atomic mass is 15.2. The normalized spacial score (nSPS) is 16.6. The molecule has 0 atom stereocenters. The fourth-order valence-corrected chi connectivity index (χ4v) is 3.51. The van der Waals surface area contributed by atoms with Gasteiger partial charge in [-0.1, -0.05) is 25.0 Å². The van der Waals surface area contributed by atoms with Gasteiger partial charge < -0.3 is 20.5 Å². The molecule has 3 N–H and O–H groups in total. The number of H-pyrrole nitrogens is 1. The molecule has 26 heavy (non-hydrogen) atoms. The van der Waals surface area contributed by atoms with Gasteiger partial charge >= 0.3 is 0 Å². The molecule has 1 aliphatic rings. The number of fused-ring (bicyclic) bond motifs is 1. The number of imidazole rings is 1. The topological polar surface area (TPSA) is 68.3 Å². The standard InChI is InChI=1S/C20H32N6/c1-21-20(22-12-8-16-26-14-6-2-3-7-15-26)23-13-11-19-24-17-9-4-5-10-18(17)25-19/h4-5,9-10H,2-3,6-8,11-16H2,1H3,(H,24,25)(H2,21,22,23). The summed E-state index contributed by atoms with van der Waals surface area (Å²) in [6.07, 6.45) is 7.53. The van der Waals surface area contributed by atoms with E-state index in [1.807, 2.05) is 25.2 Å². The number of aromatic amines is 1. The molecular weight excluding hydrogens is 324 g/mol. The van der Waals surface area contributed by atoms with Crippen LogP contribution in [0.15, 0.2) is 29.3 Å². The van der Waals surface area contributed by atoms with E-state index in [-0.39, 0.29) is 0 Å². The second kappa shape index (κ2) is 10.2. The highest BCUT2D eigenvalue weighted by Crippen LogP contribution is 2.10. The van der Waals surface area contributed by atoms with E-state index in [4.69, 9.17) is 0 Å². The zero-order valence-corrected chi connectivity index (χ0v) is 15.9. The van der Waals surface area contributed by atoms with Crippen LogP contribution in [0.1, 0.15) is 37.9 Å². The number of likely N-dealkylation sites (tertiary alicyclic amines) is 1. The molecule has 2 heterocycles. The molecule has 0 spiro atoms. The van der Waals surface area contributed by atoms with Crippen molar-refractivity contribution in [3.63, 3.8) is 0 Å². The molecule has 1 fully saturated rings. The van der Waals surface area contributed by atoms with Crippen LogP contribution in [-0.4, -0.2) is 60.6 Å². The number of hydrogen-bond donors (Lipinski definition) is 3. The first kappa shape index (κ1) is 18.7. The zero-order valence-electron chi connectivity index (χ0n) is 15.9. The number of rotatable bonds is 7. The highest BCUT2D eigenvalue weighted by Gasteiger charge is 2.08. The Morgan fingerprint density at radius 3 is 2.65 bits per heavy atom. The largest absolute Gasteiger partial charge is 0.356 e. The quantitative estimate of drug-likeness (QED) is 0.405. The van der Waals surface area contributed by atoms with Crippen LogP contribution in [0, 0.1) is 0 Å². The number of aromatic nitrogens is 2. The van der Waals surface area contributed by atoms with E-state index < -0.39 is 0 Å². The van der Waals surface area contributed by atoms with Gasteiger partial charge in [0.2, 0.25) is 0 Å². The van der Waals surface area contributed by atoms with Gasteiger partial charge in [0.1, 0.15) is 5.82 Å². The summed E-state index contributed by atoms with van der Waals surface area (Å²) in [5.74, 6) is 1.88. The molecule has 6 heteroatoms. The summed E-state index contributed by atoms with van der Waals surface area (Å²) in [6.45, 7) is 5.49. The molecule has 1 saturated heterocycles. The van der Waals surface area contributed by atoms with Crippen molar-refractivity contribution in [1.29, 1.82) is 0 Å². The predicted molar refractivity (Wildman–Crippen MR) is 109 cm³/mol. The van der Waals surface area contributed by atoms with Crippen molar-refractivity contribution >= 4 is 17.0 Å². The van der Waals surface area contributed by atoms with E-state index in [0.29, 0.717) is 0 Å². The molecule has 0 radical (unpaired) electrons. The first-order valence-electron chi connectivity index (χ1n) is 9.95. The number of hydrogen-bond acceptors (Lipinski definition) is 3. The van der Waals surface area contributed by atoms with Gasteiger partial charge in [0.25, 0.3) is 0 Å². The third-order valence-electron chi connectivity index (χ3n) is 4.96. The first-order valence-corrected chi connectivity index (χ1v) is 9.95. The lowest BCUT2D eigenvalue weighted by Crippen LogP contribution is -2.39. The summed E-state index contributed by atoms with van der Waals surface area (Å²) in [5, 5.41) is 6.80. The van der Waals surface area contributed by atoms with E-state index in [9.17, 15) is 0 Å². The number of nitrogens with one attached hydrogen (secondary N) is 3. The Hall–Kier alpha value is -2.08. The van der Waals surface area contributed by atoms with E-state index in [1.165, 1.54) is 45.3 Å². The summed E-state index contributed by atoms with van der Waals surface area (Å²) in [7, 11) is 1.82. The third kappa shape index (κ3) is 5.73. The fourth-order valence-electron chi connectivity index (χ4n) is 3.51. The number of benzene rings is 1. The first-order chi connectivity index (χ1) is 12.8. The molecule has 3 rings (SSSR count). The maximum Gasteiger partial charge on any atom is 0.190 e. The van der Waals surface area contributed by atoms with Gasteiger partial charge in [-0.3, -0.25) is 4.99 Å². The monoisotopic (exact) mass is 356 g/mol. The van der Waals surface area contributed by atoms with E-state index in [1.54, 1.807) is 0 Å². The summed E-state index contributed by atoms with van der Waals surface area (Å²) in [5.41, 5.74) is 2.12. The Morgan fingerprint density at radius 1 is 1.12 bits per heavy atom. The van der Waals surface area contributed by atoms with Gasteiger partial charge in [0, 0.05) is 26.6 Å². The molecule has 0 amide bonds. The van der Waals surface area contributed by atoms with Crippen LogP contribution in [0.5, 0.6) is 0 Å². The second-order valence-electron chi connectivity index (χ2n) is 6.99. The van der Waals surface area contributed by atoms with Crippen LogP contribution in [0.4, 0.5) is 0 Å². The lowest BCUT2D eigenvalue weighted by Gasteiger charge is -2.20. The molecule has 1 aromatic carbocycles. The molecule has 1 aliphatic heterocycles. The van der Waals surface area contributed by atoms with Gasteiger partial charge in [-0.05, 0) is 51.0 Å². The number of para-hydroxylation sites is 2. The Bertz CT molecular complexity index is 651. The summed E-state index contributed by atoms with van der Waals surface area (Å²) < 4.78 is 0. The Labute approximate surface area is 156 Å². The van der Waals surface area contributed by atoms with Gasteiger partial charge in [0.15, 0.2) is 5.96 Å². The van der Waals surface area contributed by atoms with Crippen LogP contribution in [-0.2, 0) is 6.42 Å². The zero-order chi connectivity index (χ0) is 18.0. The van der Waals surface area contributed by atoms with Crippen molar-refractivity contribution in [2.24, 2.45) is 4.99 Å². The van der Waals surface area contributed by atoms with Gasteiger partial charge in [-0.15, -0.1) is 0 Å². The lowest BCUT2D eigenvalue weighted by atomic mass is 10.2. The number of guanidine groups is 1. The molecule has 0 aliphatic carbocycles. The SMILES string of the molecule is CN=C(NCCCN1CCCCCC1)NCCc1nc2ccccc2[nH]1. The van der Waals surface area contributed by atoms with Crippen molar-refractivity contribution in [3.05, 3.63) is 30.1 Å². The minimum absolute atomic E-state index is 0.811. The van der Waals surface area contributed by atoms with E-state index >= 15 is 0 Å². The molecule has 2 aromatic rings. The van der Waals surface area contributed by atoms with Gasteiger partial charge in [-0.25, -0.2) is 4.98 Å². The van der Waals surface area contributed by atoms with Crippen molar-refractivity contribution in [2.45, 2.75) is 38.5 Å². The highest BCUT2D eigenvalue weighted by molar-refractivity contribution is 5.79. The van der Waals surface area contributed by atoms with Crippen molar-refractivity contribution in [2.75, 3.05) is 39.8 Å². The third-order valence-corrected chi connectivity index (χ3v) is 4.96. The van der Waals surface area contributed by atoms with Gasteiger partial charge in [0.05, 0.1) is 11.0 Å². The average Bonchev–Trinajstić information content (AvgIpc) is 2.90. The van der Waals surface area contributed by atoms with Crippen LogP contribution in [0.25, 0.3) is 11.0 Å². The molecule has 142 valence electrons. The fraction of sp³-hybridized carbons (Fsp3) is 0.600. The van der Waals surface area contributed by atoms with Crippen LogP contribution < -0.4 is 10.6 Å². The Morgan fingerprint density at radius 2 is 1.88 bits per heavy atom. The van der Waals surface area contributed by atoms with Crippen LogP contribution in [0.3, 0.4) is 0 Å². The minimum atomic E-state index is 0.811. The second-order valence-corrected chi connectivity index (χ2v) is 6.99. The van der Waals surface area contributed by atoms with E-state index in [2.05, 4.69) is 36.6 Å². The molecule has 0 saturated carbocycles. The van der Waals surface area contributed by atoms with Crippen molar-refractivity contribution in [1.82, 2.24) is 25.5 Å². The summed E-state index contributed by atoms with van der Waals surface area (Å²) >= 11 is 0. The molecule has 0 unspecified atom stereocenters. The molecular formula is C20H32N6. The Kier molecular flexibility index (Phi) is 7.31. The Balaban J connectivity index is 1.32. The average molecular weight is 357 g/mol. The maximum absolute atomic E-state index is 4.61.